The Balaban J connectivity index is 2.86. The minimum Gasteiger partial charge on any atom is -0.359 e. The number of rotatable bonds is 6. The molecule has 1 aromatic rings. The van der Waals surface area contributed by atoms with Gasteiger partial charge in [0.15, 0.2) is 5.96 Å². The fourth-order valence-corrected chi connectivity index (χ4v) is 2.17. The molecule has 0 fully saturated rings. The molecule has 1 atom stereocenters. The Morgan fingerprint density at radius 1 is 1.38 bits per heavy atom. The lowest BCUT2D eigenvalue weighted by atomic mass is 9.93. The van der Waals surface area contributed by atoms with E-state index in [-0.39, 0.29) is 17.8 Å². The van der Waals surface area contributed by atoms with E-state index in [0.717, 1.165) is 5.56 Å². The third-order valence-corrected chi connectivity index (χ3v) is 3.87. The van der Waals surface area contributed by atoms with E-state index in [4.69, 9.17) is 0 Å². The average Bonchev–Trinajstić information content (AvgIpc) is 2.54. The van der Waals surface area contributed by atoms with Gasteiger partial charge in [-0.25, -0.2) is 4.39 Å². The van der Waals surface area contributed by atoms with Gasteiger partial charge in [0.2, 0.25) is 5.91 Å². The van der Waals surface area contributed by atoms with Crippen LogP contribution in [0.4, 0.5) is 4.39 Å². The fraction of sp³-hybridized carbons (Fsp3) is 0.556. The monoisotopic (exact) mass is 336 g/mol. The maximum Gasteiger partial charge on any atom is 0.227 e. The molecule has 0 aliphatic carbocycles. The summed E-state index contributed by atoms with van der Waals surface area (Å²) in [4.78, 5) is 16.4. The molecule has 3 N–H and O–H groups in total. The second-order valence-corrected chi connectivity index (χ2v) is 6.53. The number of hydrogen-bond acceptors (Lipinski definition) is 2. The quantitative estimate of drug-likeness (QED) is 0.552. The lowest BCUT2D eigenvalue weighted by Crippen LogP contribution is -2.41. The number of hydrogen-bond donors (Lipinski definition) is 3. The Bertz CT molecular complexity index is 599. The largest absolute Gasteiger partial charge is 0.359 e. The summed E-state index contributed by atoms with van der Waals surface area (Å²) in [5.41, 5.74) is 0.865. The lowest BCUT2D eigenvalue weighted by molar-refractivity contribution is -0.128. The summed E-state index contributed by atoms with van der Waals surface area (Å²) in [6, 6.07) is 5.09. The molecule has 24 heavy (non-hydrogen) atoms. The van der Waals surface area contributed by atoms with Gasteiger partial charge in [0.1, 0.15) is 5.82 Å². The molecule has 0 aliphatic rings. The first kappa shape index (κ1) is 19.9. The van der Waals surface area contributed by atoms with Crippen molar-refractivity contribution in [1.29, 1.82) is 0 Å². The number of aryl methyl sites for hydroxylation is 1. The third kappa shape index (κ3) is 5.51. The number of carbonyl (C=O) groups excluding carboxylic acids is 1. The second-order valence-electron chi connectivity index (χ2n) is 6.53. The molecular formula is C18H29FN4O. The van der Waals surface area contributed by atoms with Crippen molar-refractivity contribution in [3.05, 3.63) is 35.1 Å². The van der Waals surface area contributed by atoms with Crippen LogP contribution in [0.25, 0.3) is 0 Å². The SMILES string of the molecule is CCNC(=NCC(C)(C)C(=O)NC)NC(C)c1ccc(C)c(F)c1. The molecule has 5 nitrogen and oxygen atoms in total. The van der Waals surface area contributed by atoms with Crippen LogP contribution in [0.1, 0.15) is 44.9 Å². The van der Waals surface area contributed by atoms with E-state index >= 15 is 0 Å². The second kappa shape index (κ2) is 8.66. The highest BCUT2D eigenvalue weighted by atomic mass is 19.1. The van der Waals surface area contributed by atoms with Gasteiger partial charge in [0.25, 0.3) is 0 Å². The topological polar surface area (TPSA) is 65.5 Å². The van der Waals surface area contributed by atoms with Gasteiger partial charge in [0, 0.05) is 13.6 Å². The van der Waals surface area contributed by atoms with E-state index < -0.39 is 5.41 Å². The summed E-state index contributed by atoms with van der Waals surface area (Å²) in [7, 11) is 1.62. The van der Waals surface area contributed by atoms with Crippen LogP contribution in [0.3, 0.4) is 0 Å². The minimum absolute atomic E-state index is 0.0595. The van der Waals surface area contributed by atoms with Crippen LogP contribution in [0.5, 0.6) is 0 Å². The predicted octanol–water partition coefficient (Wildman–Crippen LogP) is 2.52. The van der Waals surface area contributed by atoms with Crippen molar-refractivity contribution in [2.24, 2.45) is 10.4 Å². The van der Waals surface area contributed by atoms with Gasteiger partial charge < -0.3 is 16.0 Å². The summed E-state index contributed by atoms with van der Waals surface area (Å²) in [5.74, 6) is 0.322. The van der Waals surface area contributed by atoms with Crippen molar-refractivity contribution in [1.82, 2.24) is 16.0 Å². The molecule has 0 bridgehead atoms. The molecule has 1 amide bonds. The average molecular weight is 336 g/mol. The highest BCUT2D eigenvalue weighted by Crippen LogP contribution is 2.17. The first-order valence-corrected chi connectivity index (χ1v) is 8.24. The Morgan fingerprint density at radius 2 is 2.04 bits per heavy atom. The normalized spacial score (nSPS) is 13.4. The first-order chi connectivity index (χ1) is 11.2. The van der Waals surface area contributed by atoms with Crippen molar-refractivity contribution in [2.45, 2.75) is 40.7 Å². The highest BCUT2D eigenvalue weighted by molar-refractivity contribution is 5.83. The van der Waals surface area contributed by atoms with Crippen molar-refractivity contribution in [3.8, 4) is 0 Å². The van der Waals surface area contributed by atoms with Crippen LogP contribution in [0, 0.1) is 18.2 Å². The van der Waals surface area contributed by atoms with Gasteiger partial charge in [-0.3, -0.25) is 9.79 Å². The number of halogens is 1. The summed E-state index contributed by atoms with van der Waals surface area (Å²) in [5, 5.41) is 9.05. The third-order valence-electron chi connectivity index (χ3n) is 3.87. The van der Waals surface area contributed by atoms with Crippen LogP contribution in [-0.4, -0.2) is 32.0 Å². The smallest absolute Gasteiger partial charge is 0.227 e. The molecule has 0 heterocycles. The van der Waals surface area contributed by atoms with Gasteiger partial charge >= 0.3 is 0 Å². The summed E-state index contributed by atoms with van der Waals surface area (Å²) < 4.78 is 13.7. The molecule has 0 saturated carbocycles. The van der Waals surface area contributed by atoms with E-state index in [1.807, 2.05) is 33.8 Å². The molecule has 134 valence electrons. The summed E-state index contributed by atoms with van der Waals surface area (Å²) >= 11 is 0. The zero-order chi connectivity index (χ0) is 18.3. The highest BCUT2D eigenvalue weighted by Gasteiger charge is 2.26. The van der Waals surface area contributed by atoms with E-state index in [9.17, 15) is 9.18 Å². The van der Waals surface area contributed by atoms with Crippen LogP contribution < -0.4 is 16.0 Å². The van der Waals surface area contributed by atoms with Gasteiger partial charge in [-0.05, 0) is 51.8 Å². The van der Waals surface area contributed by atoms with Crippen LogP contribution >= 0.6 is 0 Å². The van der Waals surface area contributed by atoms with Crippen molar-refractivity contribution in [2.75, 3.05) is 20.1 Å². The molecule has 1 aromatic carbocycles. The Kier molecular flexibility index (Phi) is 7.19. The number of guanidine groups is 1. The standard InChI is InChI=1S/C18H29FN4O/c1-7-21-17(22-11-18(4,5)16(24)20-6)23-13(3)14-9-8-12(2)15(19)10-14/h8-10,13H,7,11H2,1-6H3,(H,20,24)(H2,21,22,23). The van der Waals surface area contributed by atoms with Gasteiger partial charge in [-0.15, -0.1) is 0 Å². The van der Waals surface area contributed by atoms with Gasteiger partial charge in [-0.1, -0.05) is 12.1 Å². The van der Waals surface area contributed by atoms with E-state index in [1.165, 1.54) is 6.07 Å². The molecule has 0 aromatic heterocycles. The fourth-order valence-electron chi connectivity index (χ4n) is 2.17. The van der Waals surface area contributed by atoms with E-state index in [1.54, 1.807) is 20.0 Å². The molecule has 0 saturated heterocycles. The number of nitrogens with zero attached hydrogens (tertiary/aromatic N) is 1. The van der Waals surface area contributed by atoms with Crippen molar-refractivity contribution in [3.63, 3.8) is 0 Å². The number of nitrogens with one attached hydrogen (secondary N) is 3. The van der Waals surface area contributed by atoms with E-state index in [0.29, 0.717) is 24.6 Å². The maximum atomic E-state index is 13.7. The summed E-state index contributed by atoms with van der Waals surface area (Å²) in [6.45, 7) is 10.4. The lowest BCUT2D eigenvalue weighted by Gasteiger charge is -2.22. The molecule has 1 rings (SSSR count). The molecule has 0 spiro atoms. The van der Waals surface area contributed by atoms with Gasteiger partial charge in [-0.2, -0.15) is 0 Å². The Morgan fingerprint density at radius 3 is 2.58 bits per heavy atom. The molecule has 6 heteroatoms. The number of carbonyl (C=O) groups is 1. The van der Waals surface area contributed by atoms with Crippen LogP contribution in [0.15, 0.2) is 23.2 Å². The van der Waals surface area contributed by atoms with Gasteiger partial charge in [0.05, 0.1) is 18.0 Å². The zero-order valence-electron chi connectivity index (χ0n) is 15.5. The number of aliphatic imine (C=N–C) groups is 1. The zero-order valence-corrected chi connectivity index (χ0v) is 15.5. The number of amides is 1. The van der Waals surface area contributed by atoms with E-state index in [2.05, 4.69) is 20.9 Å². The van der Waals surface area contributed by atoms with Crippen LogP contribution in [0.2, 0.25) is 0 Å². The first-order valence-electron chi connectivity index (χ1n) is 8.24. The van der Waals surface area contributed by atoms with Crippen molar-refractivity contribution >= 4 is 11.9 Å². The molecule has 0 radical (unpaired) electrons. The molecular weight excluding hydrogens is 307 g/mol. The maximum absolute atomic E-state index is 13.7. The number of benzene rings is 1. The van der Waals surface area contributed by atoms with Crippen LogP contribution in [-0.2, 0) is 4.79 Å². The Labute approximate surface area is 144 Å². The molecule has 1 unspecified atom stereocenters. The summed E-state index contributed by atoms with van der Waals surface area (Å²) in [6.07, 6.45) is 0. The minimum atomic E-state index is -0.601. The molecule has 0 aliphatic heterocycles. The predicted molar refractivity (Wildman–Crippen MR) is 96.5 cm³/mol. The Hall–Kier alpha value is -2.11. The van der Waals surface area contributed by atoms with Crippen molar-refractivity contribution < 1.29 is 9.18 Å².